The van der Waals surface area contributed by atoms with Gasteiger partial charge in [0.15, 0.2) is 11.0 Å². The lowest BCUT2D eigenvalue weighted by Crippen LogP contribution is -2.44. The molecule has 22 heavy (non-hydrogen) atoms. The standard InChI is InChI=1S/C15H16N2O4.ClH/c1-16-5-7-17(8-6-16)11-4-2-3-10-12(18)9-13(15(19)20)21-14(10)11;/h2-4,9H,5-8H2,1H3,(H,19,20);1H. The van der Waals surface area contributed by atoms with E-state index < -0.39 is 5.97 Å². The SMILES string of the molecule is CN1CCN(c2cccc3c(=O)cc(C(=O)O)oc23)CC1.Cl. The Balaban J connectivity index is 0.00000176. The molecule has 2 heterocycles. The smallest absolute Gasteiger partial charge is 0.371 e. The molecular formula is C15H17ClN2O4. The van der Waals surface area contributed by atoms with Gasteiger partial charge in [-0.2, -0.15) is 0 Å². The number of nitrogens with zero attached hydrogens (tertiary/aromatic N) is 2. The van der Waals surface area contributed by atoms with Gasteiger partial charge in [-0.05, 0) is 19.2 Å². The Kier molecular flexibility index (Phi) is 4.73. The summed E-state index contributed by atoms with van der Waals surface area (Å²) in [4.78, 5) is 27.5. The predicted octanol–water partition coefficient (Wildman–Crippen LogP) is 1.66. The van der Waals surface area contributed by atoms with Crippen LogP contribution in [0.15, 0.2) is 33.5 Å². The van der Waals surface area contributed by atoms with E-state index in [9.17, 15) is 9.59 Å². The average Bonchev–Trinajstić information content (AvgIpc) is 2.47. The van der Waals surface area contributed by atoms with Crippen LogP contribution in [-0.4, -0.2) is 49.2 Å². The molecule has 1 aliphatic rings. The summed E-state index contributed by atoms with van der Waals surface area (Å²) < 4.78 is 5.46. The second kappa shape index (κ2) is 6.37. The number of likely N-dealkylation sites (N-methyl/N-ethyl adjacent to an activating group) is 1. The molecule has 0 saturated carbocycles. The first-order valence-electron chi connectivity index (χ1n) is 6.80. The number of anilines is 1. The van der Waals surface area contributed by atoms with E-state index in [1.165, 1.54) is 0 Å². The third-order valence-electron chi connectivity index (χ3n) is 3.79. The van der Waals surface area contributed by atoms with Crippen LogP contribution in [0.4, 0.5) is 5.69 Å². The van der Waals surface area contributed by atoms with Crippen LogP contribution in [0.1, 0.15) is 10.6 Å². The van der Waals surface area contributed by atoms with E-state index >= 15 is 0 Å². The van der Waals surface area contributed by atoms with Crippen molar-refractivity contribution in [1.82, 2.24) is 4.90 Å². The molecule has 0 aliphatic carbocycles. The maximum Gasteiger partial charge on any atom is 0.371 e. The molecule has 0 radical (unpaired) electrons. The summed E-state index contributed by atoms with van der Waals surface area (Å²) in [5.74, 6) is -1.56. The Labute approximate surface area is 133 Å². The Morgan fingerprint density at radius 1 is 1.23 bits per heavy atom. The molecule has 3 rings (SSSR count). The molecule has 118 valence electrons. The molecule has 1 N–H and O–H groups in total. The van der Waals surface area contributed by atoms with Crippen LogP contribution in [0.5, 0.6) is 0 Å². The Morgan fingerprint density at radius 3 is 2.55 bits per heavy atom. The minimum absolute atomic E-state index is 0. The van der Waals surface area contributed by atoms with Gasteiger partial charge < -0.3 is 19.3 Å². The fraction of sp³-hybridized carbons (Fsp3) is 0.333. The zero-order valence-electron chi connectivity index (χ0n) is 12.1. The lowest BCUT2D eigenvalue weighted by atomic mass is 10.1. The van der Waals surface area contributed by atoms with Crippen LogP contribution in [0.25, 0.3) is 11.0 Å². The Morgan fingerprint density at radius 2 is 1.91 bits per heavy atom. The molecule has 1 aromatic carbocycles. The third kappa shape index (κ3) is 2.93. The lowest BCUT2D eigenvalue weighted by Gasteiger charge is -2.34. The van der Waals surface area contributed by atoms with Crippen molar-refractivity contribution in [3.8, 4) is 0 Å². The van der Waals surface area contributed by atoms with Crippen molar-refractivity contribution in [3.05, 3.63) is 40.2 Å². The fourth-order valence-corrected chi connectivity index (χ4v) is 2.56. The normalized spacial score (nSPS) is 15.6. The highest BCUT2D eigenvalue weighted by Crippen LogP contribution is 2.26. The van der Waals surface area contributed by atoms with Crippen molar-refractivity contribution < 1.29 is 14.3 Å². The maximum absolute atomic E-state index is 12.0. The number of carboxylic acids is 1. The van der Waals surface area contributed by atoms with Gasteiger partial charge in [0.1, 0.15) is 0 Å². The number of carboxylic acid groups (broad SMARTS) is 1. The zero-order chi connectivity index (χ0) is 15.0. The van der Waals surface area contributed by atoms with E-state index in [-0.39, 0.29) is 23.6 Å². The van der Waals surface area contributed by atoms with E-state index in [0.717, 1.165) is 37.9 Å². The third-order valence-corrected chi connectivity index (χ3v) is 3.79. The first-order chi connectivity index (χ1) is 10.1. The molecule has 1 fully saturated rings. The summed E-state index contributed by atoms with van der Waals surface area (Å²) in [7, 11) is 2.06. The van der Waals surface area contributed by atoms with Crippen molar-refractivity contribution in [1.29, 1.82) is 0 Å². The van der Waals surface area contributed by atoms with Crippen LogP contribution >= 0.6 is 12.4 Å². The summed E-state index contributed by atoms with van der Waals surface area (Å²) in [5.41, 5.74) is 0.803. The number of fused-ring (bicyclic) bond motifs is 1. The summed E-state index contributed by atoms with van der Waals surface area (Å²) in [5, 5.41) is 9.47. The number of para-hydroxylation sites is 1. The first kappa shape index (κ1) is 16.3. The highest BCUT2D eigenvalue weighted by atomic mass is 35.5. The van der Waals surface area contributed by atoms with Crippen molar-refractivity contribution in [2.24, 2.45) is 0 Å². The number of piperazine rings is 1. The number of aromatic carboxylic acids is 1. The van der Waals surface area contributed by atoms with Gasteiger partial charge in [0.25, 0.3) is 0 Å². The second-order valence-electron chi connectivity index (χ2n) is 5.22. The minimum atomic E-state index is -1.23. The van der Waals surface area contributed by atoms with Gasteiger partial charge in [0.05, 0.1) is 11.1 Å². The van der Waals surface area contributed by atoms with Crippen LogP contribution in [0.2, 0.25) is 0 Å². The second-order valence-corrected chi connectivity index (χ2v) is 5.22. The van der Waals surface area contributed by atoms with E-state index in [1.807, 2.05) is 6.07 Å². The molecule has 7 heteroatoms. The molecule has 0 spiro atoms. The van der Waals surface area contributed by atoms with Crippen molar-refractivity contribution in [2.75, 3.05) is 38.1 Å². The molecule has 1 aromatic heterocycles. The number of rotatable bonds is 2. The average molecular weight is 325 g/mol. The van der Waals surface area contributed by atoms with E-state index in [4.69, 9.17) is 9.52 Å². The number of hydrogen-bond acceptors (Lipinski definition) is 5. The fourth-order valence-electron chi connectivity index (χ4n) is 2.56. The number of halogens is 1. The Bertz CT molecular complexity index is 751. The van der Waals surface area contributed by atoms with Gasteiger partial charge >= 0.3 is 5.97 Å². The van der Waals surface area contributed by atoms with Crippen molar-refractivity contribution in [3.63, 3.8) is 0 Å². The van der Waals surface area contributed by atoms with Crippen LogP contribution in [-0.2, 0) is 0 Å². The molecule has 2 aromatic rings. The number of carbonyl (C=O) groups is 1. The highest BCUT2D eigenvalue weighted by molar-refractivity contribution is 5.92. The quantitative estimate of drug-likeness (QED) is 0.905. The van der Waals surface area contributed by atoms with Gasteiger partial charge in [-0.25, -0.2) is 4.79 Å². The van der Waals surface area contributed by atoms with E-state index in [2.05, 4.69) is 16.8 Å². The summed E-state index contributed by atoms with van der Waals surface area (Å²) in [6, 6.07) is 6.35. The maximum atomic E-state index is 12.0. The van der Waals surface area contributed by atoms with E-state index in [0.29, 0.717) is 11.0 Å². The molecule has 0 atom stereocenters. The Hall–Kier alpha value is -2.05. The zero-order valence-corrected chi connectivity index (χ0v) is 12.9. The lowest BCUT2D eigenvalue weighted by molar-refractivity contribution is 0.0663. The number of benzene rings is 1. The molecule has 1 saturated heterocycles. The largest absolute Gasteiger partial charge is 0.475 e. The highest BCUT2D eigenvalue weighted by Gasteiger charge is 2.19. The monoisotopic (exact) mass is 324 g/mol. The molecule has 0 amide bonds. The van der Waals surface area contributed by atoms with E-state index in [1.54, 1.807) is 12.1 Å². The molecule has 0 bridgehead atoms. The first-order valence-corrected chi connectivity index (χ1v) is 6.80. The number of hydrogen-bond donors (Lipinski definition) is 1. The topological polar surface area (TPSA) is 74.0 Å². The van der Waals surface area contributed by atoms with Crippen LogP contribution < -0.4 is 10.3 Å². The summed E-state index contributed by atoms with van der Waals surface area (Å²) in [6.45, 7) is 3.46. The molecule has 1 aliphatic heterocycles. The van der Waals surface area contributed by atoms with Gasteiger partial charge in [-0.1, -0.05) is 6.07 Å². The summed E-state index contributed by atoms with van der Waals surface area (Å²) in [6.07, 6.45) is 0. The van der Waals surface area contributed by atoms with Crippen molar-refractivity contribution >= 4 is 35.0 Å². The molecular weight excluding hydrogens is 308 g/mol. The van der Waals surface area contributed by atoms with Gasteiger partial charge in [0.2, 0.25) is 5.76 Å². The molecule has 6 nitrogen and oxygen atoms in total. The summed E-state index contributed by atoms with van der Waals surface area (Å²) >= 11 is 0. The van der Waals surface area contributed by atoms with Gasteiger partial charge in [0, 0.05) is 32.2 Å². The van der Waals surface area contributed by atoms with Gasteiger partial charge in [-0.15, -0.1) is 12.4 Å². The van der Waals surface area contributed by atoms with Crippen LogP contribution in [0.3, 0.4) is 0 Å². The minimum Gasteiger partial charge on any atom is -0.475 e. The van der Waals surface area contributed by atoms with Gasteiger partial charge in [-0.3, -0.25) is 4.79 Å². The van der Waals surface area contributed by atoms with Crippen molar-refractivity contribution in [2.45, 2.75) is 0 Å². The van der Waals surface area contributed by atoms with Crippen LogP contribution in [0, 0.1) is 0 Å². The predicted molar refractivity (Wildman–Crippen MR) is 86.4 cm³/mol. The molecule has 0 unspecified atom stereocenters.